The Kier molecular flexibility index (Phi) is 2.21. The van der Waals surface area contributed by atoms with Gasteiger partial charge in [0.15, 0.2) is 0 Å². The first-order valence-corrected chi connectivity index (χ1v) is 5.99. The maximum atomic E-state index is 11.1. The summed E-state index contributed by atoms with van der Waals surface area (Å²) in [4.78, 5) is 14.4. The number of hydrogen-bond acceptors (Lipinski definition) is 2. The van der Waals surface area contributed by atoms with Gasteiger partial charge in [0.1, 0.15) is 0 Å². The van der Waals surface area contributed by atoms with Crippen LogP contribution < -0.4 is 5.11 Å². The number of aromatic nitrogens is 1. The molecule has 1 aliphatic carbocycles. The molecule has 0 fully saturated rings. The van der Waals surface area contributed by atoms with Crippen LogP contribution >= 0.6 is 0 Å². The van der Waals surface area contributed by atoms with E-state index in [9.17, 15) is 9.90 Å². The number of carboxylic acid groups (broad SMARTS) is 1. The van der Waals surface area contributed by atoms with Crippen LogP contribution in [0.5, 0.6) is 0 Å². The molecule has 3 nitrogen and oxygen atoms in total. The normalized spacial score (nSPS) is 19.2. The molecule has 1 aliphatic rings. The summed E-state index contributed by atoms with van der Waals surface area (Å²) in [5.74, 6) is -1.43. The van der Waals surface area contributed by atoms with Gasteiger partial charge in [0, 0.05) is 22.5 Å². The van der Waals surface area contributed by atoms with Crippen molar-refractivity contribution >= 4 is 16.9 Å². The lowest BCUT2D eigenvalue weighted by Crippen LogP contribution is -2.31. The lowest BCUT2D eigenvalue weighted by molar-refractivity contribution is -0.308. The lowest BCUT2D eigenvalue weighted by Gasteiger charge is -2.23. The van der Waals surface area contributed by atoms with Crippen molar-refractivity contribution in [3.63, 3.8) is 0 Å². The molecule has 1 N–H and O–H groups in total. The van der Waals surface area contributed by atoms with Crippen molar-refractivity contribution in [1.29, 1.82) is 0 Å². The average Bonchev–Trinajstić information content (AvgIpc) is 2.66. The van der Waals surface area contributed by atoms with Gasteiger partial charge in [0.25, 0.3) is 0 Å². The topological polar surface area (TPSA) is 55.9 Å². The van der Waals surface area contributed by atoms with Crippen LogP contribution in [0.3, 0.4) is 0 Å². The fourth-order valence-electron chi connectivity index (χ4n) is 2.81. The highest BCUT2D eigenvalue weighted by Crippen LogP contribution is 2.35. The maximum Gasteiger partial charge on any atom is 0.0504 e. The number of aryl methyl sites for hydroxylation is 2. The van der Waals surface area contributed by atoms with E-state index in [0.717, 1.165) is 24.1 Å². The Morgan fingerprint density at radius 1 is 1.47 bits per heavy atom. The summed E-state index contributed by atoms with van der Waals surface area (Å²) in [7, 11) is 0. The van der Waals surface area contributed by atoms with Crippen LogP contribution in [0.1, 0.15) is 35.6 Å². The number of rotatable bonds is 1. The fraction of sp³-hybridized carbons (Fsp3) is 0.357. The molecule has 0 bridgehead atoms. The summed E-state index contributed by atoms with van der Waals surface area (Å²) >= 11 is 0. The Morgan fingerprint density at radius 2 is 2.29 bits per heavy atom. The zero-order valence-electron chi connectivity index (χ0n) is 9.75. The van der Waals surface area contributed by atoms with Gasteiger partial charge in [-0.1, -0.05) is 11.6 Å². The number of carboxylic acids is 1. The van der Waals surface area contributed by atoms with E-state index in [0.29, 0.717) is 6.42 Å². The number of benzene rings is 1. The lowest BCUT2D eigenvalue weighted by atomic mass is 9.87. The third-order valence-electron chi connectivity index (χ3n) is 3.65. The van der Waals surface area contributed by atoms with Crippen molar-refractivity contribution < 1.29 is 9.90 Å². The first-order chi connectivity index (χ1) is 8.16. The second-order valence-corrected chi connectivity index (χ2v) is 4.83. The Balaban J connectivity index is 2.25. The highest BCUT2D eigenvalue weighted by Gasteiger charge is 2.24. The van der Waals surface area contributed by atoms with Crippen molar-refractivity contribution in [2.75, 3.05) is 0 Å². The monoisotopic (exact) mass is 228 g/mol. The molecule has 0 spiro atoms. The van der Waals surface area contributed by atoms with Gasteiger partial charge >= 0.3 is 0 Å². The Hall–Kier alpha value is -1.77. The third kappa shape index (κ3) is 1.54. The molecule has 17 heavy (non-hydrogen) atoms. The summed E-state index contributed by atoms with van der Waals surface area (Å²) in [6.45, 7) is 2.05. The van der Waals surface area contributed by atoms with Gasteiger partial charge in [0.05, 0.1) is 5.97 Å². The molecule has 1 atom stereocenters. The van der Waals surface area contributed by atoms with Gasteiger partial charge in [-0.3, -0.25) is 0 Å². The van der Waals surface area contributed by atoms with Crippen LogP contribution in [-0.4, -0.2) is 11.0 Å². The van der Waals surface area contributed by atoms with Gasteiger partial charge in [-0.15, -0.1) is 0 Å². The summed E-state index contributed by atoms with van der Waals surface area (Å²) < 4.78 is 0. The van der Waals surface area contributed by atoms with E-state index in [1.165, 1.54) is 16.5 Å². The number of nitrogens with one attached hydrogen (secondary N) is 1. The van der Waals surface area contributed by atoms with Crippen molar-refractivity contribution in [2.24, 2.45) is 0 Å². The molecule has 1 aromatic carbocycles. The molecule has 0 aliphatic heterocycles. The summed E-state index contributed by atoms with van der Waals surface area (Å²) in [6.07, 6.45) is 2.57. The second-order valence-electron chi connectivity index (χ2n) is 4.83. The summed E-state index contributed by atoms with van der Waals surface area (Å²) in [6, 6.07) is 6.19. The van der Waals surface area contributed by atoms with Crippen LogP contribution in [0.2, 0.25) is 0 Å². The number of aromatic amines is 1. The molecule has 0 amide bonds. The largest absolute Gasteiger partial charge is 0.549 e. The van der Waals surface area contributed by atoms with E-state index in [1.54, 1.807) is 0 Å². The molecule has 0 saturated heterocycles. The number of aliphatic carboxylic acids is 1. The number of H-pyrrole nitrogens is 1. The highest BCUT2D eigenvalue weighted by molar-refractivity contribution is 5.88. The minimum atomic E-state index is -0.964. The zero-order valence-corrected chi connectivity index (χ0v) is 9.75. The van der Waals surface area contributed by atoms with Crippen LogP contribution in [0, 0.1) is 6.92 Å². The van der Waals surface area contributed by atoms with Crippen LogP contribution in [0.25, 0.3) is 10.9 Å². The van der Waals surface area contributed by atoms with Gasteiger partial charge in [0.2, 0.25) is 0 Å². The average molecular weight is 228 g/mol. The molecule has 2 aromatic rings. The third-order valence-corrected chi connectivity index (χ3v) is 3.65. The van der Waals surface area contributed by atoms with E-state index in [1.807, 2.05) is 12.1 Å². The first kappa shape index (κ1) is 10.4. The molecule has 0 saturated carbocycles. The molecule has 88 valence electrons. The second kappa shape index (κ2) is 3.62. The van der Waals surface area contributed by atoms with Crippen molar-refractivity contribution in [3.05, 3.63) is 35.0 Å². The molecule has 3 rings (SSSR count). The van der Waals surface area contributed by atoms with E-state index in [4.69, 9.17) is 0 Å². The SMILES string of the molecule is Cc1ccc2[nH]c3c(c2c1)CCC[C@H]3C(=O)[O-]. The molecule has 0 unspecified atom stereocenters. The smallest absolute Gasteiger partial charge is 0.0504 e. The zero-order chi connectivity index (χ0) is 12.0. The Morgan fingerprint density at radius 3 is 3.06 bits per heavy atom. The standard InChI is InChI=1S/C14H15NO2/c1-8-5-6-12-11(7-8)9-3-2-4-10(14(16)17)13(9)15-12/h5-7,10,15H,2-4H2,1H3,(H,16,17)/p-1/t10-/m1/s1. The van der Waals surface area contributed by atoms with E-state index < -0.39 is 11.9 Å². The van der Waals surface area contributed by atoms with Crippen molar-refractivity contribution in [3.8, 4) is 0 Å². The summed E-state index contributed by atoms with van der Waals surface area (Å²) in [5, 5.41) is 12.3. The van der Waals surface area contributed by atoms with E-state index >= 15 is 0 Å². The quantitative estimate of drug-likeness (QED) is 0.806. The van der Waals surface area contributed by atoms with Gasteiger partial charge in [-0.25, -0.2) is 0 Å². The van der Waals surface area contributed by atoms with Crippen molar-refractivity contribution in [2.45, 2.75) is 32.1 Å². The fourth-order valence-corrected chi connectivity index (χ4v) is 2.81. The Labute approximate surface area is 99.5 Å². The van der Waals surface area contributed by atoms with Gasteiger partial charge in [-0.2, -0.15) is 0 Å². The molecule has 3 heteroatoms. The van der Waals surface area contributed by atoms with Crippen molar-refractivity contribution in [1.82, 2.24) is 4.98 Å². The van der Waals surface area contributed by atoms with Crippen LogP contribution in [0.15, 0.2) is 18.2 Å². The highest BCUT2D eigenvalue weighted by atomic mass is 16.4. The van der Waals surface area contributed by atoms with E-state index in [2.05, 4.69) is 18.0 Å². The van der Waals surface area contributed by atoms with E-state index in [-0.39, 0.29) is 0 Å². The molecular weight excluding hydrogens is 214 g/mol. The molecule has 0 radical (unpaired) electrons. The predicted octanol–water partition coefficient (Wildman–Crippen LogP) is 1.65. The van der Waals surface area contributed by atoms with Gasteiger partial charge in [-0.05, 0) is 43.9 Å². The number of hydrogen-bond donors (Lipinski definition) is 1. The van der Waals surface area contributed by atoms with Crippen LogP contribution in [-0.2, 0) is 11.2 Å². The van der Waals surface area contributed by atoms with Gasteiger partial charge < -0.3 is 14.9 Å². The maximum absolute atomic E-state index is 11.1. The minimum Gasteiger partial charge on any atom is -0.549 e. The number of carbonyl (C=O) groups excluding carboxylic acids is 1. The van der Waals surface area contributed by atoms with Crippen LogP contribution in [0.4, 0.5) is 0 Å². The number of fused-ring (bicyclic) bond motifs is 3. The molecule has 1 heterocycles. The number of carbonyl (C=O) groups is 1. The first-order valence-electron chi connectivity index (χ1n) is 5.99. The Bertz CT molecular complexity index is 598. The summed E-state index contributed by atoms with van der Waals surface area (Å²) in [5.41, 5.74) is 4.27. The molecule has 1 aromatic heterocycles. The minimum absolute atomic E-state index is 0.466. The predicted molar refractivity (Wildman–Crippen MR) is 63.7 cm³/mol. The molecular formula is C14H14NO2-.